The maximum Gasteiger partial charge on any atom is 0.224 e. The van der Waals surface area contributed by atoms with Crippen LogP contribution in [-0.2, 0) is 0 Å². The van der Waals surface area contributed by atoms with Gasteiger partial charge in [-0.1, -0.05) is 6.07 Å². The minimum atomic E-state index is 0.722. The Balaban J connectivity index is 1.44. The van der Waals surface area contributed by atoms with Gasteiger partial charge in [-0.3, -0.25) is 38.7 Å². The largest absolute Gasteiger partial charge is 0.264 e. The van der Waals surface area contributed by atoms with Crippen molar-refractivity contribution in [3.8, 4) is 0 Å². The topological polar surface area (TPSA) is 116 Å². The first-order valence-corrected chi connectivity index (χ1v) is 17.0. The van der Waals surface area contributed by atoms with Gasteiger partial charge in [-0.2, -0.15) is 0 Å². The summed E-state index contributed by atoms with van der Waals surface area (Å²) < 4.78 is 6.74. The van der Waals surface area contributed by atoms with E-state index in [1.54, 1.807) is 0 Å². The van der Waals surface area contributed by atoms with Gasteiger partial charge in [0.25, 0.3) is 0 Å². The van der Waals surface area contributed by atoms with E-state index in [9.17, 15) is 0 Å². The molecule has 0 bridgehead atoms. The first-order chi connectivity index (χ1) is 25.7. The van der Waals surface area contributed by atoms with Crippen LogP contribution in [-0.4, -0.2) is 53.1 Å². The molecule has 0 amide bonds. The van der Waals surface area contributed by atoms with Crippen molar-refractivity contribution in [2.75, 3.05) is 0 Å². The summed E-state index contributed by atoms with van der Waals surface area (Å²) in [4.78, 5) is 40.4. The van der Waals surface area contributed by atoms with E-state index in [-0.39, 0.29) is 0 Å². The molecular weight excluding hydrogens is 647 g/mol. The molecule has 0 unspecified atom stereocenters. The molecule has 0 spiro atoms. The molecule has 0 fully saturated rings. The second-order valence-electron chi connectivity index (χ2n) is 13.3. The molecule has 10 heterocycles. The lowest BCUT2D eigenvalue weighted by atomic mass is 10.1. The summed E-state index contributed by atoms with van der Waals surface area (Å²) in [5.74, 6) is 1.44. The predicted molar refractivity (Wildman–Crippen MR) is 204 cm³/mol. The fraction of sp³-hybridized carbons (Fsp3) is 0.0244. The Labute approximate surface area is 290 Å². The van der Waals surface area contributed by atoms with Crippen LogP contribution in [0.3, 0.4) is 0 Å². The van der Waals surface area contributed by atoms with Crippen LogP contribution in [0.15, 0.2) is 110 Å². The smallest absolute Gasteiger partial charge is 0.224 e. The Morgan fingerprint density at radius 3 is 1.42 bits per heavy atom. The number of hydrogen-bond acceptors (Lipinski definition) is 8. The first kappa shape index (κ1) is 26.5. The van der Waals surface area contributed by atoms with Gasteiger partial charge in [-0.25, -0.2) is 14.4 Å². The maximum atomic E-state index is 5.54. The minimum absolute atomic E-state index is 0.722. The molecule has 0 saturated heterocycles. The summed E-state index contributed by atoms with van der Waals surface area (Å²) in [7, 11) is 0. The number of benzene rings is 3. The van der Waals surface area contributed by atoms with Gasteiger partial charge in [0.15, 0.2) is 0 Å². The van der Waals surface area contributed by atoms with Crippen molar-refractivity contribution in [1.82, 2.24) is 53.1 Å². The van der Waals surface area contributed by atoms with Gasteiger partial charge in [0.2, 0.25) is 11.6 Å². The van der Waals surface area contributed by atoms with E-state index < -0.39 is 0 Å². The molecule has 13 rings (SSSR count). The zero-order valence-corrected chi connectivity index (χ0v) is 27.3. The van der Waals surface area contributed by atoms with Crippen LogP contribution in [0.25, 0.3) is 116 Å². The Morgan fingerprint density at radius 1 is 0.365 bits per heavy atom. The monoisotopic (exact) mass is 667 g/mol. The molecule has 13 aromatic rings. The maximum absolute atomic E-state index is 5.54. The fourth-order valence-corrected chi connectivity index (χ4v) is 8.61. The molecule has 240 valence electrons. The number of aryl methyl sites for hydroxylation is 1. The molecule has 0 aliphatic heterocycles. The zero-order chi connectivity index (χ0) is 33.8. The molecule has 0 radical (unpaired) electrons. The van der Waals surface area contributed by atoms with Gasteiger partial charge >= 0.3 is 0 Å². The van der Waals surface area contributed by atoms with Crippen molar-refractivity contribution in [3.05, 3.63) is 116 Å². The van der Waals surface area contributed by atoms with Gasteiger partial charge in [0.05, 0.1) is 49.7 Å². The van der Waals surface area contributed by atoms with Gasteiger partial charge in [-0.15, -0.1) is 0 Å². The van der Waals surface area contributed by atoms with Crippen LogP contribution in [0.2, 0.25) is 0 Å². The summed E-state index contributed by atoms with van der Waals surface area (Å²) in [6.45, 7) is 2.01. The molecule has 0 N–H and O–H groups in total. The van der Waals surface area contributed by atoms with Gasteiger partial charge < -0.3 is 0 Å². The fourth-order valence-electron chi connectivity index (χ4n) is 8.61. The second kappa shape index (κ2) is 9.03. The SMILES string of the molecule is Cc1ccc2c(n1)c1ncccc1c1nc3n4c5c(cc4n4c6c7cccnc7c7ncccc7c6nc4n3c21)c1cccnc1c1ncccc15. The molecule has 0 aliphatic rings. The number of rotatable bonds is 0. The lowest BCUT2D eigenvalue weighted by molar-refractivity contribution is 1.04. The quantitative estimate of drug-likeness (QED) is 0.148. The highest BCUT2D eigenvalue weighted by atomic mass is 15.3. The second-order valence-corrected chi connectivity index (χ2v) is 13.3. The molecule has 3 aromatic carbocycles. The third kappa shape index (κ3) is 3.01. The summed E-state index contributed by atoms with van der Waals surface area (Å²) in [6, 6.07) is 26.8. The molecule has 11 heteroatoms. The number of aromatic nitrogens is 11. The lowest BCUT2D eigenvalue weighted by Gasteiger charge is -2.10. The van der Waals surface area contributed by atoms with E-state index in [1.807, 2.05) is 68.2 Å². The Kier molecular flexibility index (Phi) is 4.60. The number of pyridine rings is 6. The number of nitrogens with zero attached hydrogens (tertiary/aromatic N) is 11. The van der Waals surface area contributed by atoms with Gasteiger partial charge in [-0.05, 0) is 79.7 Å². The Hall–Kier alpha value is -7.40. The van der Waals surface area contributed by atoms with E-state index in [4.69, 9.17) is 39.9 Å². The van der Waals surface area contributed by atoms with Crippen LogP contribution in [0, 0.1) is 6.92 Å². The third-order valence-corrected chi connectivity index (χ3v) is 10.6. The van der Waals surface area contributed by atoms with E-state index in [0.29, 0.717) is 0 Å². The first-order valence-electron chi connectivity index (χ1n) is 17.0. The average molecular weight is 668 g/mol. The highest BCUT2D eigenvalue weighted by molar-refractivity contribution is 6.26. The molecule has 0 atom stereocenters. The zero-order valence-electron chi connectivity index (χ0n) is 27.3. The van der Waals surface area contributed by atoms with Crippen molar-refractivity contribution in [2.45, 2.75) is 6.92 Å². The lowest BCUT2D eigenvalue weighted by Crippen LogP contribution is -2.04. The number of imidazole rings is 2. The molecule has 0 saturated carbocycles. The number of hydrogen-bond donors (Lipinski definition) is 0. The van der Waals surface area contributed by atoms with Crippen LogP contribution >= 0.6 is 0 Å². The predicted octanol–water partition coefficient (Wildman–Crippen LogP) is 8.29. The van der Waals surface area contributed by atoms with Crippen molar-refractivity contribution >= 4 is 116 Å². The molecular formula is C41H21N11. The van der Waals surface area contributed by atoms with Crippen molar-refractivity contribution in [1.29, 1.82) is 0 Å². The van der Waals surface area contributed by atoms with Crippen molar-refractivity contribution in [2.24, 2.45) is 0 Å². The Bertz CT molecular complexity index is 3710. The van der Waals surface area contributed by atoms with Crippen LogP contribution in [0.4, 0.5) is 0 Å². The van der Waals surface area contributed by atoms with E-state index in [2.05, 4.69) is 61.7 Å². The van der Waals surface area contributed by atoms with E-state index in [1.165, 1.54) is 0 Å². The molecule has 52 heavy (non-hydrogen) atoms. The van der Waals surface area contributed by atoms with Gasteiger partial charge in [0.1, 0.15) is 16.7 Å². The van der Waals surface area contributed by atoms with Crippen LogP contribution in [0.1, 0.15) is 5.69 Å². The normalized spacial score (nSPS) is 12.7. The standard InChI is InChI=1S/C41H21N11/c1-20-12-13-26-34(47-20)31-23(9-4-16-44-31)36-39(26)52-40(49-36)50-28(19-27-21-7-2-14-42-29(21)32-24(37(27)50)10-5-17-45-32)51-38-25-11-6-18-46-33(25)30-22(8-3-15-43-30)35(38)48-41(51)52/h2-19H,1H3. The average Bonchev–Trinajstić information content (AvgIpc) is 3.91. The van der Waals surface area contributed by atoms with Crippen LogP contribution < -0.4 is 0 Å². The van der Waals surface area contributed by atoms with Crippen molar-refractivity contribution < 1.29 is 0 Å². The number of fused-ring (bicyclic) bond motifs is 27. The Morgan fingerprint density at radius 2 is 0.808 bits per heavy atom. The van der Waals surface area contributed by atoms with Crippen molar-refractivity contribution in [3.63, 3.8) is 0 Å². The third-order valence-electron chi connectivity index (χ3n) is 10.6. The molecule has 0 aliphatic carbocycles. The summed E-state index contributed by atoms with van der Waals surface area (Å²) in [6.07, 6.45) is 9.12. The minimum Gasteiger partial charge on any atom is -0.264 e. The summed E-state index contributed by atoms with van der Waals surface area (Å²) in [5, 5.41) is 6.81. The summed E-state index contributed by atoms with van der Waals surface area (Å²) in [5.41, 5.74) is 11.3. The van der Waals surface area contributed by atoms with Crippen LogP contribution in [0.5, 0.6) is 0 Å². The highest BCUT2D eigenvalue weighted by Gasteiger charge is 2.27. The van der Waals surface area contributed by atoms with E-state index >= 15 is 0 Å². The molecule has 10 aromatic heterocycles. The van der Waals surface area contributed by atoms with Gasteiger partial charge in [0, 0.05) is 74.4 Å². The highest BCUT2D eigenvalue weighted by Crippen LogP contribution is 2.42. The summed E-state index contributed by atoms with van der Waals surface area (Å²) >= 11 is 0. The molecule has 11 nitrogen and oxygen atoms in total. The van der Waals surface area contributed by atoms with E-state index in [0.717, 1.165) is 121 Å².